The van der Waals surface area contributed by atoms with Gasteiger partial charge in [0, 0.05) is 0 Å². The van der Waals surface area contributed by atoms with Crippen molar-refractivity contribution in [3.63, 3.8) is 0 Å². The number of rotatable bonds is 2. The van der Waals surface area contributed by atoms with E-state index in [4.69, 9.17) is 5.11 Å². The van der Waals surface area contributed by atoms with Crippen molar-refractivity contribution in [2.45, 2.75) is 6.92 Å². The minimum absolute atomic E-state index is 0. The van der Waals surface area contributed by atoms with Crippen LogP contribution >= 0.6 is 0 Å². The van der Waals surface area contributed by atoms with Gasteiger partial charge in [-0.25, -0.2) is 4.79 Å². The Morgan fingerprint density at radius 3 is 2.70 bits per heavy atom. The molecule has 0 aliphatic heterocycles. The van der Waals surface area contributed by atoms with Crippen molar-refractivity contribution in [3.8, 4) is 0 Å². The number of halogens is 1. The molecule has 0 saturated heterocycles. The summed E-state index contributed by atoms with van der Waals surface area (Å²) in [5.74, 6) is -2.42. The molecule has 0 radical (unpaired) electrons. The summed E-state index contributed by atoms with van der Waals surface area (Å²) in [4.78, 5) is 10.1. The molecular weight excluding hydrogens is 150 g/mol. The first-order valence-electron chi connectivity index (χ1n) is 2.39. The number of aliphatic hydroxyl groups excluding tert-OH is 1. The summed E-state index contributed by atoms with van der Waals surface area (Å²) in [7, 11) is 0. The molecule has 3 nitrogen and oxygen atoms in total. The van der Waals surface area contributed by atoms with Crippen LogP contribution in [0, 0.1) is 0 Å². The molecule has 5 heteroatoms. The summed E-state index contributed by atoms with van der Waals surface area (Å²) in [6.07, 6.45) is 0.0675. The third kappa shape index (κ3) is 4.78. The zero-order chi connectivity index (χ0) is 7.28. The Bertz CT molecular complexity index is 140. The van der Waals surface area contributed by atoms with Crippen LogP contribution in [0.25, 0.3) is 0 Å². The van der Waals surface area contributed by atoms with E-state index < -0.39 is 11.8 Å². The SMILES string of the molecule is CCOC(=O)/C(F)=C/O.[H-].[Na+]. The fourth-order valence-electron chi connectivity index (χ4n) is 0.253. The van der Waals surface area contributed by atoms with Crippen molar-refractivity contribution in [1.29, 1.82) is 0 Å². The second-order valence-electron chi connectivity index (χ2n) is 1.20. The van der Waals surface area contributed by atoms with Gasteiger partial charge in [0.05, 0.1) is 6.61 Å². The normalized spacial score (nSPS) is 10.0. The van der Waals surface area contributed by atoms with Crippen LogP contribution in [0.5, 0.6) is 0 Å². The Kier molecular flexibility index (Phi) is 8.89. The predicted molar refractivity (Wildman–Crippen MR) is 29.6 cm³/mol. The van der Waals surface area contributed by atoms with Gasteiger partial charge in [0.15, 0.2) is 0 Å². The summed E-state index contributed by atoms with van der Waals surface area (Å²) in [6.45, 7) is 1.64. The quantitative estimate of drug-likeness (QED) is 0.219. The van der Waals surface area contributed by atoms with Gasteiger partial charge in [0.2, 0.25) is 5.83 Å². The van der Waals surface area contributed by atoms with Crippen molar-refractivity contribution in [2.75, 3.05) is 6.61 Å². The van der Waals surface area contributed by atoms with Crippen LogP contribution in [0.15, 0.2) is 12.1 Å². The topological polar surface area (TPSA) is 46.5 Å². The van der Waals surface area contributed by atoms with Gasteiger partial charge in [-0.1, -0.05) is 0 Å². The van der Waals surface area contributed by atoms with Gasteiger partial charge in [-0.05, 0) is 6.92 Å². The maximum atomic E-state index is 11.8. The molecule has 0 atom stereocenters. The van der Waals surface area contributed by atoms with Crippen LogP contribution < -0.4 is 29.6 Å². The van der Waals surface area contributed by atoms with Gasteiger partial charge in [0.1, 0.15) is 6.26 Å². The fourth-order valence-corrected chi connectivity index (χ4v) is 0.253. The Morgan fingerprint density at radius 2 is 2.40 bits per heavy atom. The van der Waals surface area contributed by atoms with Gasteiger partial charge in [0.25, 0.3) is 0 Å². The maximum Gasteiger partial charge on any atom is 1.00 e. The summed E-state index contributed by atoms with van der Waals surface area (Å²) in [5.41, 5.74) is 0. The van der Waals surface area contributed by atoms with Gasteiger partial charge < -0.3 is 11.3 Å². The monoisotopic (exact) mass is 158 g/mol. The first kappa shape index (κ1) is 12.6. The van der Waals surface area contributed by atoms with Crippen LogP contribution in [-0.2, 0) is 9.53 Å². The summed E-state index contributed by atoms with van der Waals surface area (Å²) in [5, 5.41) is 7.89. The number of esters is 1. The van der Waals surface area contributed by atoms with E-state index >= 15 is 0 Å². The number of carbonyl (C=O) groups is 1. The number of aliphatic hydroxyl groups is 1. The largest absolute Gasteiger partial charge is 1.00 e. The van der Waals surface area contributed by atoms with Gasteiger partial charge in [-0.15, -0.1) is 0 Å². The van der Waals surface area contributed by atoms with E-state index in [0.717, 1.165) is 0 Å². The maximum absolute atomic E-state index is 11.8. The van der Waals surface area contributed by atoms with E-state index in [2.05, 4.69) is 4.74 Å². The Hall–Kier alpha value is -0.0600. The molecule has 0 aromatic carbocycles. The van der Waals surface area contributed by atoms with Gasteiger partial charge in [-0.2, -0.15) is 4.39 Å². The smallest absolute Gasteiger partial charge is 1.00 e. The third-order valence-corrected chi connectivity index (χ3v) is 0.584. The van der Waals surface area contributed by atoms with Crippen molar-refractivity contribution < 1.29 is 50.0 Å². The molecule has 0 fully saturated rings. The van der Waals surface area contributed by atoms with Crippen molar-refractivity contribution in [2.24, 2.45) is 0 Å². The van der Waals surface area contributed by atoms with Crippen molar-refractivity contribution in [3.05, 3.63) is 12.1 Å². The number of hydrogen-bond donors (Lipinski definition) is 1. The Labute approximate surface area is 81.6 Å². The average Bonchev–Trinajstić information content (AvgIpc) is 1.87. The van der Waals surface area contributed by atoms with E-state index in [0.29, 0.717) is 0 Å². The molecule has 0 saturated carbocycles. The summed E-state index contributed by atoms with van der Waals surface area (Å²) >= 11 is 0. The first-order chi connectivity index (χ1) is 4.22. The molecule has 1 N–H and O–H groups in total. The molecular formula is C5H8FNaO3. The zero-order valence-corrected chi connectivity index (χ0v) is 7.93. The third-order valence-electron chi connectivity index (χ3n) is 0.584. The van der Waals surface area contributed by atoms with E-state index in [1.807, 2.05) is 0 Å². The van der Waals surface area contributed by atoms with Crippen LogP contribution in [-0.4, -0.2) is 17.7 Å². The first-order valence-corrected chi connectivity index (χ1v) is 2.39. The molecule has 0 aliphatic carbocycles. The minimum atomic E-state index is -1.28. The zero-order valence-electron chi connectivity index (χ0n) is 6.93. The standard InChI is InChI=1S/C5H7FO3.Na.H/c1-2-9-5(8)4(6)3-7;;/h3,7H,2H2,1H3;;/q;+1;-1/b4-3-;;. The van der Waals surface area contributed by atoms with Gasteiger partial charge >= 0.3 is 35.5 Å². The molecule has 0 heterocycles. The van der Waals surface area contributed by atoms with Crippen LogP contribution in [0.1, 0.15) is 8.35 Å². The van der Waals surface area contributed by atoms with Crippen LogP contribution in [0.4, 0.5) is 4.39 Å². The Balaban J connectivity index is -0.000000320. The molecule has 0 aromatic rings. The molecule has 0 rings (SSSR count). The van der Waals surface area contributed by atoms with Crippen LogP contribution in [0.3, 0.4) is 0 Å². The molecule has 0 aliphatic rings. The molecule has 0 amide bonds. The number of carbonyl (C=O) groups excluding carboxylic acids is 1. The second kappa shape index (κ2) is 7.05. The molecule has 0 bridgehead atoms. The molecule has 10 heavy (non-hydrogen) atoms. The molecule has 0 spiro atoms. The summed E-state index contributed by atoms with van der Waals surface area (Å²) < 4.78 is 16.0. The van der Waals surface area contributed by atoms with Crippen LogP contribution in [0.2, 0.25) is 0 Å². The van der Waals surface area contributed by atoms with E-state index in [1.54, 1.807) is 6.92 Å². The van der Waals surface area contributed by atoms with Gasteiger partial charge in [-0.3, -0.25) is 0 Å². The summed E-state index contributed by atoms with van der Waals surface area (Å²) in [6, 6.07) is 0. The number of hydrogen-bond acceptors (Lipinski definition) is 3. The van der Waals surface area contributed by atoms with Crippen molar-refractivity contribution in [1.82, 2.24) is 0 Å². The molecule has 0 aromatic heterocycles. The predicted octanol–water partition coefficient (Wildman–Crippen LogP) is -1.97. The molecule has 54 valence electrons. The molecule has 0 unspecified atom stereocenters. The number of ether oxygens (including phenoxy) is 1. The Morgan fingerprint density at radius 1 is 1.90 bits per heavy atom. The van der Waals surface area contributed by atoms with Crippen molar-refractivity contribution >= 4 is 5.97 Å². The minimum Gasteiger partial charge on any atom is -1.00 e. The van der Waals surface area contributed by atoms with E-state index in [-0.39, 0.29) is 43.9 Å². The van der Waals surface area contributed by atoms with E-state index in [1.165, 1.54) is 0 Å². The average molecular weight is 158 g/mol. The fraction of sp³-hybridized carbons (Fsp3) is 0.400. The van der Waals surface area contributed by atoms with E-state index in [9.17, 15) is 9.18 Å². The second-order valence-corrected chi connectivity index (χ2v) is 1.20.